The normalized spacial score (nSPS) is 16.6. The third kappa shape index (κ3) is 4.43. The van der Waals surface area contributed by atoms with Crippen molar-refractivity contribution in [2.75, 3.05) is 4.90 Å². The van der Waals surface area contributed by atoms with Gasteiger partial charge in [0.15, 0.2) is 11.5 Å². The molecule has 0 radical (unpaired) electrons. The van der Waals surface area contributed by atoms with Crippen LogP contribution in [0, 0.1) is 0 Å². The third-order valence-electron chi connectivity index (χ3n) is 5.27. The van der Waals surface area contributed by atoms with Crippen molar-refractivity contribution in [3.63, 3.8) is 0 Å². The Kier molecular flexibility index (Phi) is 5.87. The highest BCUT2D eigenvalue weighted by Crippen LogP contribution is 2.42. The van der Waals surface area contributed by atoms with Crippen molar-refractivity contribution in [1.29, 1.82) is 0 Å². The van der Waals surface area contributed by atoms with Crippen molar-refractivity contribution < 1.29 is 27.9 Å². The SMILES string of the molecule is O=C(/C=C/c1ccccc1)C1=C(O)C(=O)N(c2cccc(C(F)(F)F)c2)[C@@H]1c1ccccc1. The summed E-state index contributed by atoms with van der Waals surface area (Å²) in [6, 6.07) is 20.5. The number of carbonyl (C=O) groups excluding carboxylic acids is 2. The lowest BCUT2D eigenvalue weighted by atomic mass is 9.95. The third-order valence-corrected chi connectivity index (χ3v) is 5.27. The van der Waals surface area contributed by atoms with Gasteiger partial charge in [-0.15, -0.1) is 0 Å². The van der Waals surface area contributed by atoms with Gasteiger partial charge < -0.3 is 5.11 Å². The van der Waals surface area contributed by atoms with Crippen molar-refractivity contribution in [2.45, 2.75) is 12.2 Å². The standard InChI is InChI=1S/C26H18F3NO3/c27-26(28,29)19-12-7-13-20(16-19)30-23(18-10-5-2-6-11-18)22(24(32)25(30)33)21(31)15-14-17-8-3-1-4-9-17/h1-16,23,32H/b15-14+/t23-/m1/s1. The maximum Gasteiger partial charge on any atom is 0.416 e. The molecule has 1 heterocycles. The van der Waals surface area contributed by atoms with Gasteiger partial charge in [0.25, 0.3) is 5.91 Å². The van der Waals surface area contributed by atoms with E-state index in [1.165, 1.54) is 18.2 Å². The smallest absolute Gasteiger partial charge is 0.416 e. The Bertz CT molecular complexity index is 1250. The van der Waals surface area contributed by atoms with E-state index in [9.17, 15) is 27.9 Å². The maximum absolute atomic E-state index is 13.3. The summed E-state index contributed by atoms with van der Waals surface area (Å²) in [5.74, 6) is -2.35. The van der Waals surface area contributed by atoms with Gasteiger partial charge in [-0.05, 0) is 35.4 Å². The molecule has 33 heavy (non-hydrogen) atoms. The molecule has 1 N–H and O–H groups in total. The van der Waals surface area contributed by atoms with Gasteiger partial charge in [-0.2, -0.15) is 13.2 Å². The molecule has 7 heteroatoms. The Balaban J connectivity index is 1.79. The zero-order valence-electron chi connectivity index (χ0n) is 17.2. The summed E-state index contributed by atoms with van der Waals surface area (Å²) in [5, 5.41) is 10.6. The van der Waals surface area contributed by atoms with E-state index in [-0.39, 0.29) is 11.3 Å². The van der Waals surface area contributed by atoms with E-state index >= 15 is 0 Å². The summed E-state index contributed by atoms with van der Waals surface area (Å²) < 4.78 is 39.9. The van der Waals surface area contributed by atoms with E-state index in [1.54, 1.807) is 60.7 Å². The van der Waals surface area contributed by atoms with Gasteiger partial charge in [0, 0.05) is 5.69 Å². The van der Waals surface area contributed by atoms with Gasteiger partial charge in [0.05, 0.1) is 17.2 Å². The number of aliphatic hydroxyl groups is 1. The predicted octanol–water partition coefficient (Wildman–Crippen LogP) is 5.89. The molecular formula is C26H18F3NO3. The highest BCUT2D eigenvalue weighted by molar-refractivity contribution is 6.19. The van der Waals surface area contributed by atoms with Crippen molar-refractivity contribution in [1.82, 2.24) is 0 Å². The number of ketones is 1. The Morgan fingerprint density at radius 2 is 1.55 bits per heavy atom. The molecule has 1 atom stereocenters. The van der Waals surface area contributed by atoms with Crippen LogP contribution < -0.4 is 4.90 Å². The van der Waals surface area contributed by atoms with E-state index in [0.29, 0.717) is 5.56 Å². The minimum absolute atomic E-state index is 0.0786. The molecule has 3 aromatic rings. The molecule has 0 unspecified atom stereocenters. The summed E-state index contributed by atoms with van der Waals surface area (Å²) in [7, 11) is 0. The quantitative estimate of drug-likeness (QED) is 0.495. The van der Waals surface area contributed by atoms with E-state index in [0.717, 1.165) is 22.6 Å². The molecule has 4 rings (SSSR count). The molecule has 1 aliphatic heterocycles. The first-order chi connectivity index (χ1) is 15.8. The molecule has 166 valence electrons. The van der Waals surface area contributed by atoms with Crippen molar-refractivity contribution >= 4 is 23.5 Å². The summed E-state index contributed by atoms with van der Waals surface area (Å²) >= 11 is 0. The molecule has 0 bridgehead atoms. The zero-order chi connectivity index (χ0) is 23.6. The molecule has 0 spiro atoms. The van der Waals surface area contributed by atoms with Crippen LogP contribution in [0.15, 0.2) is 102 Å². The number of halogens is 3. The molecular weight excluding hydrogens is 431 g/mol. The second kappa shape index (κ2) is 8.78. The Morgan fingerprint density at radius 3 is 2.18 bits per heavy atom. The number of carbonyl (C=O) groups is 2. The lowest BCUT2D eigenvalue weighted by Gasteiger charge is -2.27. The van der Waals surface area contributed by atoms with Crippen LogP contribution >= 0.6 is 0 Å². The lowest BCUT2D eigenvalue weighted by molar-refractivity contribution is -0.137. The molecule has 0 fully saturated rings. The van der Waals surface area contributed by atoms with Crippen LogP contribution in [0.5, 0.6) is 0 Å². The minimum Gasteiger partial charge on any atom is -0.503 e. The van der Waals surface area contributed by atoms with E-state index < -0.39 is 35.2 Å². The number of allylic oxidation sites excluding steroid dienone is 1. The highest BCUT2D eigenvalue weighted by atomic mass is 19.4. The van der Waals surface area contributed by atoms with Crippen molar-refractivity contribution in [3.05, 3.63) is 119 Å². The number of anilines is 1. The van der Waals surface area contributed by atoms with Crippen LogP contribution in [0.25, 0.3) is 6.08 Å². The molecule has 3 aromatic carbocycles. The fourth-order valence-electron chi connectivity index (χ4n) is 3.73. The Labute approximate surface area is 187 Å². The molecule has 1 amide bonds. The number of amides is 1. The molecule has 0 aromatic heterocycles. The Hall–Kier alpha value is -4.13. The number of hydrogen-bond donors (Lipinski definition) is 1. The molecule has 0 saturated heterocycles. The van der Waals surface area contributed by atoms with Gasteiger partial charge in [0.2, 0.25) is 0 Å². The molecule has 0 saturated carbocycles. The van der Waals surface area contributed by atoms with E-state index in [2.05, 4.69) is 0 Å². The van der Waals surface area contributed by atoms with Crippen LogP contribution in [0.2, 0.25) is 0 Å². The number of benzene rings is 3. The van der Waals surface area contributed by atoms with Crippen molar-refractivity contribution in [2.24, 2.45) is 0 Å². The van der Waals surface area contributed by atoms with Gasteiger partial charge in [-0.1, -0.05) is 72.8 Å². The highest BCUT2D eigenvalue weighted by Gasteiger charge is 2.44. The van der Waals surface area contributed by atoms with E-state index in [1.807, 2.05) is 6.07 Å². The summed E-state index contributed by atoms with van der Waals surface area (Å²) in [4.78, 5) is 27.1. The van der Waals surface area contributed by atoms with Crippen molar-refractivity contribution in [3.8, 4) is 0 Å². The van der Waals surface area contributed by atoms with Crippen LogP contribution in [0.4, 0.5) is 18.9 Å². The summed E-state index contributed by atoms with van der Waals surface area (Å²) in [6.07, 6.45) is -1.84. The first-order valence-corrected chi connectivity index (χ1v) is 10.0. The van der Waals surface area contributed by atoms with Crippen LogP contribution in [-0.4, -0.2) is 16.8 Å². The Morgan fingerprint density at radius 1 is 0.909 bits per heavy atom. The van der Waals surface area contributed by atoms with E-state index in [4.69, 9.17) is 0 Å². The largest absolute Gasteiger partial charge is 0.503 e. The minimum atomic E-state index is -4.62. The van der Waals surface area contributed by atoms with Gasteiger partial charge in [-0.3, -0.25) is 14.5 Å². The van der Waals surface area contributed by atoms with Gasteiger partial charge >= 0.3 is 6.18 Å². The second-order valence-corrected chi connectivity index (χ2v) is 7.41. The van der Waals surface area contributed by atoms with Gasteiger partial charge in [0.1, 0.15) is 0 Å². The molecule has 0 aliphatic carbocycles. The summed E-state index contributed by atoms with van der Waals surface area (Å²) in [6.45, 7) is 0. The fourth-order valence-corrected chi connectivity index (χ4v) is 3.73. The zero-order valence-corrected chi connectivity index (χ0v) is 17.2. The van der Waals surface area contributed by atoms with Crippen LogP contribution in [0.1, 0.15) is 22.7 Å². The fraction of sp³-hybridized carbons (Fsp3) is 0.0769. The average Bonchev–Trinajstić information content (AvgIpc) is 3.09. The number of alkyl halides is 3. The molecule has 1 aliphatic rings. The van der Waals surface area contributed by atoms with Gasteiger partial charge in [-0.25, -0.2) is 0 Å². The predicted molar refractivity (Wildman–Crippen MR) is 118 cm³/mol. The number of nitrogens with zero attached hydrogens (tertiary/aromatic N) is 1. The summed E-state index contributed by atoms with van der Waals surface area (Å²) in [5.41, 5.74) is -0.00579. The first kappa shape index (κ1) is 22.1. The average molecular weight is 449 g/mol. The number of hydrogen-bond acceptors (Lipinski definition) is 3. The lowest BCUT2D eigenvalue weighted by Crippen LogP contribution is -2.31. The monoisotopic (exact) mass is 449 g/mol. The maximum atomic E-state index is 13.3. The van der Waals surface area contributed by atoms with Crippen LogP contribution in [0.3, 0.4) is 0 Å². The van der Waals surface area contributed by atoms with Crippen LogP contribution in [-0.2, 0) is 15.8 Å². The number of aliphatic hydroxyl groups excluding tert-OH is 1. The molecule has 4 nitrogen and oxygen atoms in total. The topological polar surface area (TPSA) is 57.6 Å². The first-order valence-electron chi connectivity index (χ1n) is 10.0. The second-order valence-electron chi connectivity index (χ2n) is 7.41. The number of rotatable bonds is 5.